The van der Waals surface area contributed by atoms with Gasteiger partial charge in [0.1, 0.15) is 0 Å². The molecule has 1 aromatic heterocycles. The van der Waals surface area contributed by atoms with E-state index in [0.29, 0.717) is 38.5 Å². The van der Waals surface area contributed by atoms with Crippen LogP contribution in [0.5, 0.6) is 0 Å². The normalized spacial score (nSPS) is 11.9. The first kappa shape index (κ1) is 16.1. The van der Waals surface area contributed by atoms with Crippen molar-refractivity contribution >= 4 is 10.0 Å². The summed E-state index contributed by atoms with van der Waals surface area (Å²) in [6, 6.07) is 1.53. The molecule has 19 heavy (non-hydrogen) atoms. The monoisotopic (exact) mass is 291 g/mol. The third-order valence-corrected chi connectivity index (χ3v) is 3.88. The number of H-pyrrole nitrogens is 1. The fourth-order valence-electron chi connectivity index (χ4n) is 1.40. The van der Waals surface area contributed by atoms with Gasteiger partial charge in [-0.15, -0.1) is 0 Å². The number of aromatic nitrogens is 1. The Hall–Kier alpha value is -0.930. The predicted octanol–water partition coefficient (Wildman–Crippen LogP) is -0.195. The molecule has 7 nitrogen and oxygen atoms in total. The Labute approximate surface area is 113 Å². The van der Waals surface area contributed by atoms with Crippen LogP contribution in [0.4, 0.5) is 0 Å². The molecule has 0 aromatic carbocycles. The zero-order valence-electron chi connectivity index (χ0n) is 11.0. The average molecular weight is 291 g/mol. The Balaban J connectivity index is 2.27. The number of nitrogens with one attached hydrogen (secondary N) is 2. The van der Waals surface area contributed by atoms with Crippen LogP contribution in [0.15, 0.2) is 17.2 Å². The molecule has 0 aliphatic rings. The molecule has 0 atom stereocenters. The molecule has 0 unspecified atom stereocenters. The molecule has 0 saturated carbocycles. The maximum Gasteiger partial charge on any atom is 0.242 e. The van der Waals surface area contributed by atoms with Gasteiger partial charge in [0.2, 0.25) is 10.0 Å². The largest absolute Gasteiger partial charge is 0.382 e. The molecule has 0 radical (unpaired) electrons. The minimum absolute atomic E-state index is 0.202. The molecular weight excluding hydrogens is 270 g/mol. The smallest absolute Gasteiger partial charge is 0.242 e. The van der Waals surface area contributed by atoms with Gasteiger partial charge in [0.15, 0.2) is 0 Å². The van der Waals surface area contributed by atoms with E-state index in [1.54, 1.807) is 7.11 Å². The molecule has 1 rings (SSSR count). The summed E-state index contributed by atoms with van der Waals surface area (Å²) < 4.78 is 36.3. The molecule has 0 fully saturated rings. The van der Waals surface area contributed by atoms with Gasteiger partial charge in [-0.05, 0) is 12.5 Å². The Morgan fingerprint density at radius 2 is 2.16 bits per heavy atom. The van der Waals surface area contributed by atoms with Crippen LogP contribution in [-0.2, 0) is 26.0 Å². The highest BCUT2D eigenvalue weighted by atomic mass is 32.2. The van der Waals surface area contributed by atoms with Gasteiger partial charge < -0.3 is 20.2 Å². The molecular formula is C11H21N3O4S. The number of nitrogens with two attached hydrogens (primary N) is 1. The van der Waals surface area contributed by atoms with Crippen LogP contribution < -0.4 is 10.5 Å². The van der Waals surface area contributed by atoms with E-state index < -0.39 is 10.0 Å². The SMILES string of the molecule is COCCOCCCNS(=O)(=O)c1c[nH]c(CN)c1. The molecule has 1 heterocycles. The maximum absolute atomic E-state index is 11.9. The summed E-state index contributed by atoms with van der Waals surface area (Å²) in [7, 11) is -1.86. The summed E-state index contributed by atoms with van der Waals surface area (Å²) in [5.41, 5.74) is 6.10. The summed E-state index contributed by atoms with van der Waals surface area (Å²) in [6.07, 6.45) is 2.04. The predicted molar refractivity (Wildman–Crippen MR) is 71.2 cm³/mol. The van der Waals surface area contributed by atoms with Crippen LogP contribution in [0, 0.1) is 0 Å². The van der Waals surface area contributed by atoms with Crippen LogP contribution in [0.3, 0.4) is 0 Å². The third-order valence-electron chi connectivity index (χ3n) is 2.44. The van der Waals surface area contributed by atoms with Crippen LogP contribution in [-0.4, -0.2) is 46.9 Å². The van der Waals surface area contributed by atoms with Crippen molar-refractivity contribution in [3.8, 4) is 0 Å². The number of rotatable bonds is 10. The van der Waals surface area contributed by atoms with Crippen molar-refractivity contribution in [3.05, 3.63) is 18.0 Å². The number of ether oxygens (including phenoxy) is 2. The zero-order valence-corrected chi connectivity index (χ0v) is 11.8. The lowest BCUT2D eigenvalue weighted by atomic mass is 10.4. The van der Waals surface area contributed by atoms with Gasteiger partial charge in [0.05, 0.1) is 18.1 Å². The van der Waals surface area contributed by atoms with E-state index in [2.05, 4.69) is 9.71 Å². The van der Waals surface area contributed by atoms with E-state index in [0.717, 1.165) is 0 Å². The van der Waals surface area contributed by atoms with Gasteiger partial charge in [-0.3, -0.25) is 0 Å². The van der Waals surface area contributed by atoms with Gasteiger partial charge in [0.25, 0.3) is 0 Å². The summed E-state index contributed by atoms with van der Waals surface area (Å²) >= 11 is 0. The van der Waals surface area contributed by atoms with E-state index in [-0.39, 0.29) is 11.4 Å². The average Bonchev–Trinajstić information content (AvgIpc) is 2.87. The topological polar surface area (TPSA) is 106 Å². The first-order valence-corrected chi connectivity index (χ1v) is 7.52. The van der Waals surface area contributed by atoms with Crippen molar-refractivity contribution in [3.63, 3.8) is 0 Å². The molecule has 0 spiro atoms. The second kappa shape index (κ2) is 8.28. The van der Waals surface area contributed by atoms with E-state index in [1.807, 2.05) is 0 Å². The first-order chi connectivity index (χ1) is 9.10. The Morgan fingerprint density at radius 1 is 1.37 bits per heavy atom. The van der Waals surface area contributed by atoms with Crippen LogP contribution >= 0.6 is 0 Å². The summed E-state index contributed by atoms with van der Waals surface area (Å²) in [5.74, 6) is 0. The van der Waals surface area contributed by atoms with Gasteiger partial charge >= 0.3 is 0 Å². The molecule has 0 saturated heterocycles. The highest BCUT2D eigenvalue weighted by molar-refractivity contribution is 7.89. The second-order valence-electron chi connectivity index (χ2n) is 3.92. The van der Waals surface area contributed by atoms with Crippen LogP contribution in [0.25, 0.3) is 0 Å². The minimum atomic E-state index is -3.46. The van der Waals surface area contributed by atoms with Crippen molar-refractivity contribution in [2.75, 3.05) is 33.5 Å². The number of methoxy groups -OCH3 is 1. The van der Waals surface area contributed by atoms with Gasteiger partial charge in [0, 0.05) is 38.7 Å². The molecule has 110 valence electrons. The lowest BCUT2D eigenvalue weighted by molar-refractivity contribution is 0.0699. The van der Waals surface area contributed by atoms with Gasteiger partial charge in [-0.1, -0.05) is 0 Å². The van der Waals surface area contributed by atoms with Crippen molar-refractivity contribution in [1.29, 1.82) is 0 Å². The Bertz CT molecular complexity index is 458. The van der Waals surface area contributed by atoms with Crippen molar-refractivity contribution < 1.29 is 17.9 Å². The zero-order chi connectivity index (χ0) is 14.1. The van der Waals surface area contributed by atoms with Crippen molar-refractivity contribution in [1.82, 2.24) is 9.71 Å². The Morgan fingerprint density at radius 3 is 2.79 bits per heavy atom. The number of hydrogen-bond donors (Lipinski definition) is 3. The third kappa shape index (κ3) is 5.70. The standard InChI is InChI=1S/C11H21N3O4S/c1-17-5-6-18-4-2-3-14-19(15,16)11-7-10(8-12)13-9-11/h7,9,13-14H,2-6,8,12H2,1H3. The first-order valence-electron chi connectivity index (χ1n) is 6.04. The maximum atomic E-state index is 11.9. The molecule has 0 amide bonds. The van der Waals surface area contributed by atoms with Crippen LogP contribution in [0.2, 0.25) is 0 Å². The molecule has 0 aliphatic heterocycles. The van der Waals surface area contributed by atoms with Crippen molar-refractivity contribution in [2.45, 2.75) is 17.9 Å². The van der Waals surface area contributed by atoms with Crippen molar-refractivity contribution in [2.24, 2.45) is 5.73 Å². The van der Waals surface area contributed by atoms with E-state index >= 15 is 0 Å². The summed E-state index contributed by atoms with van der Waals surface area (Å²) in [4.78, 5) is 3.01. The highest BCUT2D eigenvalue weighted by Crippen LogP contribution is 2.09. The lowest BCUT2D eigenvalue weighted by Crippen LogP contribution is -2.25. The quantitative estimate of drug-likeness (QED) is 0.518. The molecule has 0 aliphatic carbocycles. The number of hydrogen-bond acceptors (Lipinski definition) is 5. The summed E-state index contributed by atoms with van der Waals surface area (Å²) in [5, 5.41) is 0. The van der Waals surface area contributed by atoms with E-state index in [9.17, 15) is 8.42 Å². The Kier molecular flexibility index (Phi) is 7.03. The molecule has 1 aromatic rings. The molecule has 8 heteroatoms. The minimum Gasteiger partial charge on any atom is -0.382 e. The van der Waals surface area contributed by atoms with Crippen LogP contribution in [0.1, 0.15) is 12.1 Å². The fourth-order valence-corrected chi connectivity index (χ4v) is 2.49. The van der Waals surface area contributed by atoms with E-state index in [4.69, 9.17) is 15.2 Å². The van der Waals surface area contributed by atoms with Gasteiger partial charge in [-0.2, -0.15) is 0 Å². The molecule has 0 bridgehead atoms. The number of sulfonamides is 1. The highest BCUT2D eigenvalue weighted by Gasteiger charge is 2.14. The second-order valence-corrected chi connectivity index (χ2v) is 5.69. The van der Waals surface area contributed by atoms with Gasteiger partial charge in [-0.25, -0.2) is 13.1 Å². The lowest BCUT2D eigenvalue weighted by Gasteiger charge is -2.05. The summed E-state index contributed by atoms with van der Waals surface area (Å²) in [6.45, 7) is 2.16. The fraction of sp³-hybridized carbons (Fsp3) is 0.636. The van der Waals surface area contributed by atoms with E-state index in [1.165, 1.54) is 12.3 Å². The number of aromatic amines is 1. The molecule has 4 N–H and O–H groups in total.